The Morgan fingerprint density at radius 3 is 2.75 bits per heavy atom. The topological polar surface area (TPSA) is 24.5 Å². The van der Waals surface area contributed by atoms with Gasteiger partial charge in [0, 0.05) is 12.6 Å². The lowest BCUT2D eigenvalue weighted by Crippen LogP contribution is -2.26. The van der Waals surface area contributed by atoms with Gasteiger partial charge in [-0.3, -0.25) is 0 Å². The Labute approximate surface area is 123 Å². The zero-order valence-electron chi connectivity index (χ0n) is 13.3. The number of hydrogen-bond acceptors (Lipinski definition) is 3. The lowest BCUT2D eigenvalue weighted by Gasteiger charge is -2.29. The van der Waals surface area contributed by atoms with Gasteiger partial charge in [0.15, 0.2) is 0 Å². The monoisotopic (exact) mass is 276 g/mol. The minimum Gasteiger partial charge on any atom is -0.495 e. The molecule has 0 heterocycles. The first-order chi connectivity index (χ1) is 9.58. The molecule has 2 rings (SSSR count). The molecule has 0 saturated heterocycles. The molecule has 3 heteroatoms. The third-order valence-electron chi connectivity index (χ3n) is 4.06. The van der Waals surface area contributed by atoms with E-state index < -0.39 is 0 Å². The number of anilines is 1. The first-order valence-corrected chi connectivity index (χ1v) is 7.66. The second kappa shape index (κ2) is 6.98. The maximum Gasteiger partial charge on any atom is 0.141 e. The number of nitrogens with one attached hydrogen (secondary N) is 1. The maximum atomic E-state index is 5.50. The van der Waals surface area contributed by atoms with Gasteiger partial charge in [-0.05, 0) is 50.6 Å². The summed E-state index contributed by atoms with van der Waals surface area (Å²) in [7, 11) is 5.94. The summed E-state index contributed by atoms with van der Waals surface area (Å²) in [4.78, 5) is 2.19. The van der Waals surface area contributed by atoms with Gasteiger partial charge < -0.3 is 15.0 Å². The van der Waals surface area contributed by atoms with Crippen molar-refractivity contribution in [2.75, 3.05) is 26.5 Å². The van der Waals surface area contributed by atoms with Gasteiger partial charge in [0.05, 0.1) is 12.8 Å². The number of ether oxygens (including phenoxy) is 1. The number of nitrogens with zero attached hydrogens (tertiary/aromatic N) is 1. The van der Waals surface area contributed by atoms with E-state index in [1.165, 1.54) is 31.2 Å². The van der Waals surface area contributed by atoms with Crippen molar-refractivity contribution < 1.29 is 4.74 Å². The second-order valence-corrected chi connectivity index (χ2v) is 6.39. The second-order valence-electron chi connectivity index (χ2n) is 6.39. The summed E-state index contributed by atoms with van der Waals surface area (Å²) in [6.45, 7) is 3.31. The van der Waals surface area contributed by atoms with Crippen LogP contribution in [0.4, 0.5) is 5.69 Å². The zero-order valence-corrected chi connectivity index (χ0v) is 13.3. The molecule has 0 amide bonds. The van der Waals surface area contributed by atoms with Crippen LogP contribution in [0, 0.1) is 5.92 Å². The summed E-state index contributed by atoms with van der Waals surface area (Å²) >= 11 is 0. The quantitative estimate of drug-likeness (QED) is 0.886. The highest BCUT2D eigenvalue weighted by atomic mass is 16.5. The van der Waals surface area contributed by atoms with E-state index in [0.717, 1.165) is 23.9 Å². The van der Waals surface area contributed by atoms with Crippen LogP contribution in [0.2, 0.25) is 0 Å². The van der Waals surface area contributed by atoms with Crippen LogP contribution in [0.15, 0.2) is 18.2 Å². The minimum atomic E-state index is 0.585. The van der Waals surface area contributed by atoms with Crippen molar-refractivity contribution in [1.29, 1.82) is 0 Å². The fourth-order valence-electron chi connectivity index (χ4n) is 3.12. The van der Waals surface area contributed by atoms with Gasteiger partial charge in [0.1, 0.15) is 5.75 Å². The van der Waals surface area contributed by atoms with Gasteiger partial charge >= 0.3 is 0 Å². The average molecular weight is 276 g/mol. The van der Waals surface area contributed by atoms with Crippen LogP contribution in [0.25, 0.3) is 0 Å². The van der Waals surface area contributed by atoms with Crippen molar-refractivity contribution in [3.8, 4) is 5.75 Å². The van der Waals surface area contributed by atoms with Gasteiger partial charge in [-0.1, -0.05) is 25.8 Å². The van der Waals surface area contributed by atoms with Crippen LogP contribution in [-0.2, 0) is 6.54 Å². The molecule has 20 heavy (non-hydrogen) atoms. The molecule has 2 atom stereocenters. The van der Waals surface area contributed by atoms with Crippen LogP contribution in [0.1, 0.15) is 38.2 Å². The van der Waals surface area contributed by atoms with E-state index in [1.54, 1.807) is 7.11 Å². The number of methoxy groups -OCH3 is 1. The summed E-state index contributed by atoms with van der Waals surface area (Å²) in [6, 6.07) is 7.04. The Morgan fingerprint density at radius 1 is 1.30 bits per heavy atom. The van der Waals surface area contributed by atoms with Crippen molar-refractivity contribution in [3.63, 3.8) is 0 Å². The molecule has 1 fully saturated rings. The molecule has 1 aliphatic carbocycles. The summed E-state index contributed by atoms with van der Waals surface area (Å²) in [5.74, 6) is 1.78. The first kappa shape index (κ1) is 15.2. The Morgan fingerprint density at radius 2 is 2.10 bits per heavy atom. The fourth-order valence-corrected chi connectivity index (χ4v) is 3.12. The van der Waals surface area contributed by atoms with E-state index in [9.17, 15) is 0 Å². The average Bonchev–Trinajstić information content (AvgIpc) is 2.38. The lowest BCUT2D eigenvalue weighted by atomic mass is 9.87. The Kier molecular flexibility index (Phi) is 5.30. The van der Waals surface area contributed by atoms with Gasteiger partial charge in [-0.15, -0.1) is 0 Å². The highest BCUT2D eigenvalue weighted by Crippen LogP contribution is 2.31. The third kappa shape index (κ3) is 4.14. The first-order valence-electron chi connectivity index (χ1n) is 7.66. The molecular weight excluding hydrogens is 248 g/mol. The van der Waals surface area contributed by atoms with Crippen molar-refractivity contribution in [3.05, 3.63) is 23.8 Å². The molecule has 112 valence electrons. The minimum absolute atomic E-state index is 0.585. The molecule has 1 aliphatic rings. The third-order valence-corrected chi connectivity index (χ3v) is 4.06. The zero-order chi connectivity index (χ0) is 14.5. The number of rotatable bonds is 5. The highest BCUT2D eigenvalue weighted by Gasteiger charge is 2.19. The van der Waals surface area contributed by atoms with E-state index >= 15 is 0 Å². The van der Waals surface area contributed by atoms with Gasteiger partial charge in [0.2, 0.25) is 0 Å². The van der Waals surface area contributed by atoms with E-state index in [-0.39, 0.29) is 0 Å². The molecule has 0 aromatic heterocycles. The predicted molar refractivity (Wildman–Crippen MR) is 85.4 cm³/mol. The highest BCUT2D eigenvalue weighted by molar-refractivity contribution is 5.58. The maximum absolute atomic E-state index is 5.50. The Hall–Kier alpha value is -1.22. The smallest absolute Gasteiger partial charge is 0.141 e. The molecule has 1 saturated carbocycles. The molecule has 1 aromatic rings. The molecule has 1 aromatic carbocycles. The van der Waals surface area contributed by atoms with Crippen molar-refractivity contribution >= 4 is 5.69 Å². The molecule has 2 unspecified atom stereocenters. The summed E-state index contributed by atoms with van der Waals surface area (Å²) in [5, 5.41) is 3.70. The lowest BCUT2D eigenvalue weighted by molar-refractivity contribution is 0.356. The van der Waals surface area contributed by atoms with Gasteiger partial charge in [-0.25, -0.2) is 0 Å². The summed E-state index contributed by atoms with van der Waals surface area (Å²) in [6.07, 6.45) is 5.24. The number of benzene rings is 1. The molecule has 0 bridgehead atoms. The van der Waals surface area contributed by atoms with E-state index in [0.29, 0.717) is 6.04 Å². The summed E-state index contributed by atoms with van der Waals surface area (Å²) in [5.41, 5.74) is 2.47. The van der Waals surface area contributed by atoms with E-state index in [1.807, 2.05) is 0 Å². The number of hydrogen-bond donors (Lipinski definition) is 1. The standard InChI is InChI=1S/C17H28N2O/c1-13-6-5-7-15(10-13)18-16-11-14(12-19(2)3)8-9-17(16)20-4/h8-9,11,13,15,18H,5-7,10,12H2,1-4H3. The largest absolute Gasteiger partial charge is 0.495 e. The van der Waals surface area contributed by atoms with Crippen molar-refractivity contribution in [2.24, 2.45) is 5.92 Å². The van der Waals surface area contributed by atoms with E-state index in [2.05, 4.69) is 49.4 Å². The SMILES string of the molecule is COc1ccc(CN(C)C)cc1NC1CCCC(C)C1. The van der Waals surface area contributed by atoms with Gasteiger partial charge in [0.25, 0.3) is 0 Å². The van der Waals surface area contributed by atoms with Crippen LogP contribution < -0.4 is 10.1 Å². The van der Waals surface area contributed by atoms with Crippen molar-refractivity contribution in [2.45, 2.75) is 45.2 Å². The normalized spacial score (nSPS) is 22.9. The Bertz CT molecular complexity index is 431. The molecule has 0 radical (unpaired) electrons. The van der Waals surface area contributed by atoms with Crippen LogP contribution in [0.3, 0.4) is 0 Å². The molecule has 3 nitrogen and oxygen atoms in total. The fraction of sp³-hybridized carbons (Fsp3) is 0.647. The molecule has 0 spiro atoms. The molecule has 0 aliphatic heterocycles. The van der Waals surface area contributed by atoms with E-state index in [4.69, 9.17) is 4.74 Å². The van der Waals surface area contributed by atoms with Gasteiger partial charge in [-0.2, -0.15) is 0 Å². The predicted octanol–water partition coefficient (Wildman–Crippen LogP) is 3.75. The Balaban J connectivity index is 2.11. The molecule has 1 N–H and O–H groups in total. The summed E-state index contributed by atoms with van der Waals surface area (Å²) < 4.78 is 5.50. The van der Waals surface area contributed by atoms with Crippen LogP contribution in [-0.4, -0.2) is 32.1 Å². The molecular formula is C17H28N2O. The van der Waals surface area contributed by atoms with Crippen LogP contribution in [0.5, 0.6) is 5.75 Å². The van der Waals surface area contributed by atoms with Crippen LogP contribution >= 0.6 is 0 Å². The van der Waals surface area contributed by atoms with Crippen molar-refractivity contribution in [1.82, 2.24) is 4.90 Å².